The Kier molecular flexibility index (Phi) is 4.65. The average molecular weight is 261 g/mol. The number of benzene rings is 1. The lowest BCUT2D eigenvalue weighted by Gasteiger charge is -2.09. The van der Waals surface area contributed by atoms with Gasteiger partial charge in [-0.1, -0.05) is 28.9 Å². The Labute approximate surface area is 113 Å². The van der Waals surface area contributed by atoms with Gasteiger partial charge in [-0.05, 0) is 19.9 Å². The molecule has 1 N–H and O–H groups in total. The van der Waals surface area contributed by atoms with Crippen LogP contribution in [0.4, 0.5) is 0 Å². The van der Waals surface area contributed by atoms with E-state index in [0.29, 0.717) is 24.9 Å². The van der Waals surface area contributed by atoms with Gasteiger partial charge in [0.25, 0.3) is 0 Å². The maximum Gasteiger partial charge on any atom is 0.240 e. The fraction of sp³-hybridized carbons (Fsp3) is 0.429. The number of hydrogen-bond acceptors (Lipinski definition) is 5. The summed E-state index contributed by atoms with van der Waals surface area (Å²) in [5, 5.41) is 7.25. The highest BCUT2D eigenvalue weighted by Crippen LogP contribution is 2.16. The van der Waals surface area contributed by atoms with E-state index in [1.165, 1.54) is 5.56 Å². The van der Waals surface area contributed by atoms with Crippen LogP contribution in [0, 0.1) is 6.92 Å². The average Bonchev–Trinajstić information content (AvgIpc) is 2.85. The fourth-order valence-electron chi connectivity index (χ4n) is 1.80. The van der Waals surface area contributed by atoms with E-state index in [1.54, 1.807) is 7.11 Å². The largest absolute Gasteiger partial charge is 0.383 e. The Morgan fingerprint density at radius 2 is 2.26 bits per heavy atom. The Bertz CT molecular complexity index is 525. The Morgan fingerprint density at radius 3 is 3.00 bits per heavy atom. The zero-order valence-electron chi connectivity index (χ0n) is 11.5. The molecule has 19 heavy (non-hydrogen) atoms. The van der Waals surface area contributed by atoms with Gasteiger partial charge >= 0.3 is 0 Å². The number of methoxy groups -OCH3 is 1. The lowest BCUT2D eigenvalue weighted by molar-refractivity contribution is 0.169. The van der Waals surface area contributed by atoms with Crippen LogP contribution in [-0.4, -0.2) is 29.9 Å². The van der Waals surface area contributed by atoms with E-state index >= 15 is 0 Å². The van der Waals surface area contributed by atoms with Gasteiger partial charge in [-0.3, -0.25) is 0 Å². The number of rotatable bonds is 6. The Morgan fingerprint density at radius 1 is 1.42 bits per heavy atom. The molecule has 102 valence electrons. The molecular formula is C14H19N3O2. The molecule has 5 heteroatoms. The van der Waals surface area contributed by atoms with E-state index in [0.717, 1.165) is 5.56 Å². The van der Waals surface area contributed by atoms with Crippen LogP contribution in [0.2, 0.25) is 0 Å². The summed E-state index contributed by atoms with van der Waals surface area (Å²) in [5.74, 6) is 1.21. The van der Waals surface area contributed by atoms with Crippen molar-refractivity contribution in [1.29, 1.82) is 0 Å². The summed E-state index contributed by atoms with van der Waals surface area (Å²) >= 11 is 0. The van der Waals surface area contributed by atoms with Gasteiger partial charge in [0, 0.05) is 18.7 Å². The number of ether oxygens (including phenoxy) is 1. The first-order valence-electron chi connectivity index (χ1n) is 6.31. The van der Waals surface area contributed by atoms with E-state index in [2.05, 4.69) is 15.5 Å². The lowest BCUT2D eigenvalue weighted by Crippen LogP contribution is -2.29. The van der Waals surface area contributed by atoms with E-state index in [9.17, 15) is 0 Å². The summed E-state index contributed by atoms with van der Waals surface area (Å²) in [5.41, 5.74) is 2.15. The summed E-state index contributed by atoms with van der Waals surface area (Å²) < 4.78 is 10.3. The van der Waals surface area contributed by atoms with E-state index in [1.807, 2.05) is 38.1 Å². The molecule has 0 fully saturated rings. The second-order valence-corrected chi connectivity index (χ2v) is 4.62. The standard InChI is InChI=1S/C14H19N3O2/c1-10-5-4-6-12(7-10)14-16-13(19-17-14)8-15-11(2)9-18-3/h4-7,11,15H,8-9H2,1-3H3/t11-/m0/s1. The zero-order valence-corrected chi connectivity index (χ0v) is 11.5. The summed E-state index contributed by atoms with van der Waals surface area (Å²) in [6, 6.07) is 8.29. The maximum atomic E-state index is 5.22. The molecule has 0 spiro atoms. The van der Waals surface area contributed by atoms with E-state index in [-0.39, 0.29) is 6.04 Å². The lowest BCUT2D eigenvalue weighted by atomic mass is 10.1. The van der Waals surface area contributed by atoms with Gasteiger partial charge in [0.1, 0.15) is 0 Å². The van der Waals surface area contributed by atoms with Crippen LogP contribution in [0.3, 0.4) is 0 Å². The van der Waals surface area contributed by atoms with Gasteiger partial charge in [0.2, 0.25) is 11.7 Å². The molecule has 0 amide bonds. The van der Waals surface area contributed by atoms with Crippen LogP contribution in [-0.2, 0) is 11.3 Å². The number of nitrogens with one attached hydrogen (secondary N) is 1. The van der Waals surface area contributed by atoms with Crippen molar-refractivity contribution in [3.05, 3.63) is 35.7 Å². The molecule has 1 aromatic carbocycles. The van der Waals surface area contributed by atoms with Gasteiger partial charge in [-0.15, -0.1) is 0 Å². The minimum atomic E-state index is 0.249. The van der Waals surface area contributed by atoms with Gasteiger partial charge in [0.05, 0.1) is 13.2 Å². The summed E-state index contributed by atoms with van der Waals surface area (Å²) in [4.78, 5) is 4.37. The van der Waals surface area contributed by atoms with Crippen LogP contribution >= 0.6 is 0 Å². The van der Waals surface area contributed by atoms with Crippen molar-refractivity contribution < 1.29 is 9.26 Å². The van der Waals surface area contributed by atoms with Gasteiger partial charge in [-0.2, -0.15) is 4.98 Å². The highest BCUT2D eigenvalue weighted by atomic mass is 16.5. The molecule has 0 bridgehead atoms. The summed E-state index contributed by atoms with van der Waals surface area (Å²) in [6.07, 6.45) is 0. The molecule has 0 aliphatic heterocycles. The monoisotopic (exact) mass is 261 g/mol. The zero-order chi connectivity index (χ0) is 13.7. The van der Waals surface area contributed by atoms with Crippen molar-refractivity contribution in [3.63, 3.8) is 0 Å². The van der Waals surface area contributed by atoms with Crippen molar-refractivity contribution >= 4 is 0 Å². The molecule has 0 unspecified atom stereocenters. The van der Waals surface area contributed by atoms with E-state index in [4.69, 9.17) is 9.26 Å². The van der Waals surface area contributed by atoms with Crippen molar-refractivity contribution in [3.8, 4) is 11.4 Å². The summed E-state index contributed by atoms with van der Waals surface area (Å²) in [6.45, 7) is 5.28. The van der Waals surface area contributed by atoms with E-state index < -0.39 is 0 Å². The van der Waals surface area contributed by atoms with Gasteiger partial charge in [0.15, 0.2) is 0 Å². The predicted octanol–water partition coefficient (Wildman–Crippen LogP) is 2.17. The number of hydrogen-bond donors (Lipinski definition) is 1. The molecular weight excluding hydrogens is 242 g/mol. The second-order valence-electron chi connectivity index (χ2n) is 4.62. The highest BCUT2D eigenvalue weighted by Gasteiger charge is 2.09. The van der Waals surface area contributed by atoms with Crippen LogP contribution < -0.4 is 5.32 Å². The third-order valence-corrected chi connectivity index (χ3v) is 2.76. The fourth-order valence-corrected chi connectivity index (χ4v) is 1.80. The van der Waals surface area contributed by atoms with Gasteiger partial charge in [-0.25, -0.2) is 0 Å². The molecule has 0 aliphatic carbocycles. The Balaban J connectivity index is 1.99. The molecule has 0 saturated carbocycles. The smallest absolute Gasteiger partial charge is 0.240 e. The van der Waals surface area contributed by atoms with Crippen LogP contribution in [0.1, 0.15) is 18.4 Å². The Hall–Kier alpha value is -1.72. The minimum absolute atomic E-state index is 0.249. The van der Waals surface area contributed by atoms with Crippen LogP contribution in [0.25, 0.3) is 11.4 Å². The minimum Gasteiger partial charge on any atom is -0.383 e. The topological polar surface area (TPSA) is 60.2 Å². The molecule has 0 aliphatic rings. The normalized spacial score (nSPS) is 12.6. The first-order chi connectivity index (χ1) is 9.19. The first-order valence-corrected chi connectivity index (χ1v) is 6.31. The third-order valence-electron chi connectivity index (χ3n) is 2.76. The van der Waals surface area contributed by atoms with Crippen molar-refractivity contribution in [2.45, 2.75) is 26.4 Å². The third kappa shape index (κ3) is 3.87. The quantitative estimate of drug-likeness (QED) is 0.863. The molecule has 0 radical (unpaired) electrons. The number of aromatic nitrogens is 2. The second kappa shape index (κ2) is 6.45. The van der Waals surface area contributed by atoms with Crippen molar-refractivity contribution in [1.82, 2.24) is 15.5 Å². The first kappa shape index (κ1) is 13.7. The summed E-state index contributed by atoms with van der Waals surface area (Å²) in [7, 11) is 1.68. The van der Waals surface area contributed by atoms with Crippen molar-refractivity contribution in [2.24, 2.45) is 0 Å². The maximum absolute atomic E-state index is 5.22. The molecule has 0 saturated heterocycles. The molecule has 1 atom stereocenters. The molecule has 1 aromatic heterocycles. The van der Waals surface area contributed by atoms with Crippen LogP contribution in [0.5, 0.6) is 0 Å². The SMILES string of the molecule is COC[C@H](C)NCc1nc(-c2cccc(C)c2)no1. The molecule has 5 nitrogen and oxygen atoms in total. The molecule has 2 rings (SSSR count). The number of nitrogens with zero attached hydrogens (tertiary/aromatic N) is 2. The predicted molar refractivity (Wildman–Crippen MR) is 72.6 cm³/mol. The molecule has 2 aromatic rings. The van der Waals surface area contributed by atoms with Crippen molar-refractivity contribution in [2.75, 3.05) is 13.7 Å². The van der Waals surface area contributed by atoms with Crippen LogP contribution in [0.15, 0.2) is 28.8 Å². The van der Waals surface area contributed by atoms with Gasteiger partial charge < -0.3 is 14.6 Å². The molecule has 1 heterocycles. The number of aryl methyl sites for hydroxylation is 1. The highest BCUT2D eigenvalue weighted by molar-refractivity contribution is 5.55.